The van der Waals surface area contributed by atoms with Crippen molar-refractivity contribution in [1.82, 2.24) is 20.3 Å². The molecule has 0 aliphatic carbocycles. The van der Waals surface area contributed by atoms with Crippen LogP contribution in [-0.4, -0.2) is 58.4 Å². The molecule has 2 aromatic heterocycles. The van der Waals surface area contributed by atoms with Crippen molar-refractivity contribution in [1.29, 1.82) is 0 Å². The molecule has 3 heterocycles. The molecular formula is C15H20F3N5O2. The molecule has 0 spiro atoms. The maximum atomic E-state index is 10.6. The number of piperidine rings is 1. The summed E-state index contributed by atoms with van der Waals surface area (Å²) in [7, 11) is 2.13. The number of nitrogens with one attached hydrogen (secondary N) is 2. The van der Waals surface area contributed by atoms with Crippen molar-refractivity contribution in [2.45, 2.75) is 25.6 Å². The first-order valence-corrected chi connectivity index (χ1v) is 7.73. The van der Waals surface area contributed by atoms with Gasteiger partial charge in [0.05, 0.1) is 5.39 Å². The number of carbonyl (C=O) groups is 1. The summed E-state index contributed by atoms with van der Waals surface area (Å²) < 4.78 is 31.7. The topological polar surface area (TPSA) is 94.1 Å². The fourth-order valence-electron chi connectivity index (χ4n) is 2.79. The number of nitrogens with zero attached hydrogens (tertiary/aromatic N) is 3. The number of hydrogen-bond donors (Lipinski definition) is 3. The zero-order valence-electron chi connectivity index (χ0n) is 13.8. The van der Waals surface area contributed by atoms with Crippen molar-refractivity contribution in [2.24, 2.45) is 5.92 Å². The molecule has 1 fully saturated rings. The normalized spacial score (nSPS) is 20.7. The zero-order valence-corrected chi connectivity index (χ0v) is 13.8. The average Bonchev–Trinajstić information content (AvgIpc) is 3.03. The van der Waals surface area contributed by atoms with E-state index in [9.17, 15) is 13.2 Å². The van der Waals surface area contributed by atoms with Gasteiger partial charge in [-0.1, -0.05) is 6.92 Å². The summed E-state index contributed by atoms with van der Waals surface area (Å²) in [5, 5.41) is 11.7. The van der Waals surface area contributed by atoms with Crippen molar-refractivity contribution in [2.75, 3.05) is 25.0 Å². The summed E-state index contributed by atoms with van der Waals surface area (Å²) in [5.74, 6) is -1.06. The van der Waals surface area contributed by atoms with Crippen LogP contribution in [0, 0.1) is 5.92 Å². The van der Waals surface area contributed by atoms with Crippen LogP contribution in [0.25, 0.3) is 11.0 Å². The second-order valence-corrected chi connectivity index (χ2v) is 5.89. The highest BCUT2D eigenvalue weighted by Gasteiger charge is 2.38. The Morgan fingerprint density at radius 3 is 2.68 bits per heavy atom. The van der Waals surface area contributed by atoms with Gasteiger partial charge in [0.25, 0.3) is 0 Å². The minimum atomic E-state index is -5.08. The van der Waals surface area contributed by atoms with Gasteiger partial charge in [-0.2, -0.15) is 13.2 Å². The van der Waals surface area contributed by atoms with Crippen molar-refractivity contribution in [3.05, 3.63) is 18.6 Å². The maximum absolute atomic E-state index is 10.6. The second kappa shape index (κ2) is 7.68. The van der Waals surface area contributed by atoms with Crippen molar-refractivity contribution < 1.29 is 23.1 Å². The first kappa shape index (κ1) is 19.0. The quantitative estimate of drug-likeness (QED) is 0.760. The fourth-order valence-corrected chi connectivity index (χ4v) is 2.79. The van der Waals surface area contributed by atoms with Gasteiger partial charge in [-0.25, -0.2) is 14.8 Å². The predicted octanol–water partition coefficient (Wildman–Crippen LogP) is 2.03. The number of fused-ring (bicyclic) bond motifs is 1. The smallest absolute Gasteiger partial charge is 0.475 e. The third-order valence-corrected chi connectivity index (χ3v) is 4.19. The van der Waals surface area contributed by atoms with E-state index in [1.54, 1.807) is 6.33 Å². The van der Waals surface area contributed by atoms with Crippen LogP contribution in [0.5, 0.6) is 0 Å². The molecule has 1 aliphatic heterocycles. The molecule has 2 atom stereocenters. The molecule has 2 aromatic rings. The number of rotatable bonds is 2. The molecule has 0 bridgehead atoms. The number of carboxylic acids is 1. The summed E-state index contributed by atoms with van der Waals surface area (Å²) >= 11 is 0. The van der Waals surface area contributed by atoms with Crippen LogP contribution in [0.1, 0.15) is 13.3 Å². The summed E-state index contributed by atoms with van der Waals surface area (Å²) in [4.78, 5) is 23.0. The van der Waals surface area contributed by atoms with E-state index in [2.05, 4.69) is 39.1 Å². The molecule has 0 amide bonds. The Morgan fingerprint density at radius 2 is 2.08 bits per heavy atom. The van der Waals surface area contributed by atoms with Crippen LogP contribution < -0.4 is 10.2 Å². The van der Waals surface area contributed by atoms with Crippen LogP contribution in [0.4, 0.5) is 19.0 Å². The largest absolute Gasteiger partial charge is 0.490 e. The van der Waals surface area contributed by atoms with Gasteiger partial charge in [0, 0.05) is 25.8 Å². The van der Waals surface area contributed by atoms with E-state index in [-0.39, 0.29) is 0 Å². The Kier molecular flexibility index (Phi) is 5.83. The van der Waals surface area contributed by atoms with E-state index in [1.165, 1.54) is 6.42 Å². The molecule has 0 unspecified atom stereocenters. The van der Waals surface area contributed by atoms with Crippen LogP contribution in [0.15, 0.2) is 18.6 Å². The monoisotopic (exact) mass is 359 g/mol. The number of hydrogen-bond acceptors (Lipinski definition) is 5. The molecule has 0 aromatic carbocycles. The SMILES string of the molecule is C[C@@H]1CCNC[C@@H]1N(C)c1ncnc2[nH]ccc12.O=C(O)C(F)(F)F. The highest BCUT2D eigenvalue weighted by molar-refractivity contribution is 5.87. The van der Waals surface area contributed by atoms with Gasteiger partial charge >= 0.3 is 12.1 Å². The van der Waals surface area contributed by atoms with Crippen LogP contribution in [-0.2, 0) is 4.79 Å². The van der Waals surface area contributed by atoms with Gasteiger partial charge < -0.3 is 20.3 Å². The van der Waals surface area contributed by atoms with E-state index in [1.807, 2.05) is 12.3 Å². The first-order valence-electron chi connectivity index (χ1n) is 7.73. The number of aromatic nitrogens is 3. The molecule has 3 rings (SSSR count). The van der Waals surface area contributed by atoms with Gasteiger partial charge in [-0.05, 0) is 24.9 Å². The van der Waals surface area contributed by atoms with Gasteiger partial charge in [0.15, 0.2) is 0 Å². The Morgan fingerprint density at radius 1 is 1.40 bits per heavy atom. The number of alkyl halides is 3. The summed E-state index contributed by atoms with van der Waals surface area (Å²) in [6, 6.07) is 2.54. The number of likely N-dealkylation sites (N-methyl/N-ethyl adjacent to an activating group) is 1. The van der Waals surface area contributed by atoms with Gasteiger partial charge in [0.1, 0.15) is 17.8 Å². The van der Waals surface area contributed by atoms with E-state index < -0.39 is 12.1 Å². The lowest BCUT2D eigenvalue weighted by atomic mass is 9.93. The average molecular weight is 359 g/mol. The van der Waals surface area contributed by atoms with E-state index in [0.717, 1.165) is 29.9 Å². The van der Waals surface area contributed by atoms with Gasteiger partial charge in [-0.3, -0.25) is 0 Å². The highest BCUT2D eigenvalue weighted by atomic mass is 19.4. The molecule has 0 saturated carbocycles. The summed E-state index contributed by atoms with van der Waals surface area (Å²) in [6.45, 7) is 4.46. The third kappa shape index (κ3) is 4.59. The number of halogens is 3. The van der Waals surface area contributed by atoms with Gasteiger partial charge in [-0.15, -0.1) is 0 Å². The van der Waals surface area contributed by atoms with Crippen molar-refractivity contribution in [3.63, 3.8) is 0 Å². The Balaban J connectivity index is 0.000000277. The highest BCUT2D eigenvalue weighted by Crippen LogP contribution is 2.26. The zero-order chi connectivity index (χ0) is 18.6. The maximum Gasteiger partial charge on any atom is 0.490 e. The molecule has 3 N–H and O–H groups in total. The lowest BCUT2D eigenvalue weighted by Gasteiger charge is -2.37. The fraction of sp³-hybridized carbons (Fsp3) is 0.533. The molecule has 138 valence electrons. The van der Waals surface area contributed by atoms with Crippen LogP contribution in [0.3, 0.4) is 0 Å². The number of anilines is 1. The Labute approximate surface area is 142 Å². The molecule has 25 heavy (non-hydrogen) atoms. The molecule has 1 saturated heterocycles. The van der Waals surface area contributed by atoms with Gasteiger partial charge in [0.2, 0.25) is 0 Å². The molecule has 1 aliphatic rings. The summed E-state index contributed by atoms with van der Waals surface area (Å²) in [5.41, 5.74) is 0.906. The van der Waals surface area contributed by atoms with Crippen LogP contribution >= 0.6 is 0 Å². The van der Waals surface area contributed by atoms with E-state index in [0.29, 0.717) is 12.0 Å². The van der Waals surface area contributed by atoms with E-state index >= 15 is 0 Å². The first-order chi connectivity index (χ1) is 11.7. The lowest BCUT2D eigenvalue weighted by Crippen LogP contribution is -2.49. The Hall–Kier alpha value is -2.36. The number of H-pyrrole nitrogens is 1. The lowest BCUT2D eigenvalue weighted by molar-refractivity contribution is -0.192. The second-order valence-electron chi connectivity index (χ2n) is 5.89. The predicted molar refractivity (Wildman–Crippen MR) is 86.4 cm³/mol. The van der Waals surface area contributed by atoms with E-state index in [4.69, 9.17) is 9.90 Å². The number of aromatic amines is 1. The molecular weight excluding hydrogens is 339 g/mol. The standard InChI is InChI=1S/C13H19N5.C2HF3O2/c1-9-3-5-14-7-11(9)18(2)13-10-4-6-15-12(10)16-8-17-13;3-2(4,5)1(6)7/h4,6,8-9,11,14H,3,5,7H2,1-2H3,(H,15,16,17);(H,6,7)/t9-,11+;/m1./s1. The van der Waals surface area contributed by atoms with Crippen molar-refractivity contribution >= 4 is 22.8 Å². The Bertz CT molecular complexity index is 718. The number of carboxylic acid groups (broad SMARTS) is 1. The third-order valence-electron chi connectivity index (χ3n) is 4.19. The van der Waals surface area contributed by atoms with Crippen molar-refractivity contribution in [3.8, 4) is 0 Å². The van der Waals surface area contributed by atoms with Crippen LogP contribution in [0.2, 0.25) is 0 Å². The molecule has 10 heteroatoms. The molecule has 7 nitrogen and oxygen atoms in total. The number of aliphatic carboxylic acids is 1. The molecule has 0 radical (unpaired) electrons. The summed E-state index contributed by atoms with van der Waals surface area (Å²) in [6.07, 6.45) is -0.318. The minimum Gasteiger partial charge on any atom is -0.475 e. The minimum absolute atomic E-state index is 0.492.